The van der Waals surface area contributed by atoms with Crippen molar-refractivity contribution in [2.45, 2.75) is 44.6 Å². The molecule has 2 heterocycles. The van der Waals surface area contributed by atoms with E-state index >= 15 is 0 Å². The van der Waals surface area contributed by atoms with E-state index in [0.717, 1.165) is 38.2 Å². The number of carbonyl (C=O) groups is 1. The highest BCUT2D eigenvalue weighted by Gasteiger charge is 2.30. The number of nitrogen functional groups attached to an aromatic ring is 1. The number of anilines is 1. The molecule has 1 aromatic rings. The number of hydrogen-bond donors (Lipinski definition) is 3. The van der Waals surface area contributed by atoms with E-state index in [9.17, 15) is 4.79 Å². The third kappa shape index (κ3) is 2.80. The van der Waals surface area contributed by atoms with Crippen LogP contribution in [0.15, 0.2) is 0 Å². The van der Waals surface area contributed by atoms with Crippen LogP contribution in [-0.2, 0) is 0 Å². The van der Waals surface area contributed by atoms with Crippen LogP contribution in [0.3, 0.4) is 0 Å². The Kier molecular flexibility index (Phi) is 3.65. The third-order valence-electron chi connectivity index (χ3n) is 4.14. The second-order valence-electron chi connectivity index (χ2n) is 6.06. The van der Waals surface area contributed by atoms with Crippen LogP contribution >= 0.6 is 0 Å². The zero-order valence-corrected chi connectivity index (χ0v) is 12.0. The minimum absolute atomic E-state index is 0.112. The van der Waals surface area contributed by atoms with Gasteiger partial charge in [-0.15, -0.1) is 0 Å². The number of aromatic amines is 1. The molecule has 20 heavy (non-hydrogen) atoms. The molecule has 4 N–H and O–H groups in total. The Morgan fingerprint density at radius 1 is 1.50 bits per heavy atom. The predicted octanol–water partition coefficient (Wildman–Crippen LogP) is 1.08. The van der Waals surface area contributed by atoms with E-state index in [2.05, 4.69) is 20.4 Å². The standard InChI is InChI=1S/C14H23N5O/c1-9(8-19-6-2-3-7-19)16-14(20)13-11(15)12(17-18-13)10-4-5-10/h9-10H,2-8,15H2,1H3,(H,16,20)(H,17,18). The van der Waals surface area contributed by atoms with Crippen molar-refractivity contribution >= 4 is 11.6 Å². The van der Waals surface area contributed by atoms with E-state index in [1.165, 1.54) is 12.8 Å². The minimum Gasteiger partial charge on any atom is -0.395 e. The molecule has 1 aromatic heterocycles. The largest absolute Gasteiger partial charge is 0.395 e. The van der Waals surface area contributed by atoms with Gasteiger partial charge in [-0.1, -0.05) is 0 Å². The number of hydrogen-bond acceptors (Lipinski definition) is 4. The van der Waals surface area contributed by atoms with E-state index in [1.54, 1.807) is 0 Å². The molecule has 6 heteroatoms. The lowest BCUT2D eigenvalue weighted by Crippen LogP contribution is -2.41. The SMILES string of the molecule is CC(CN1CCCC1)NC(=O)c1n[nH]c(C2CC2)c1N. The highest BCUT2D eigenvalue weighted by Crippen LogP contribution is 2.42. The quantitative estimate of drug-likeness (QED) is 0.751. The summed E-state index contributed by atoms with van der Waals surface area (Å²) in [4.78, 5) is 14.6. The maximum absolute atomic E-state index is 12.2. The van der Waals surface area contributed by atoms with Crippen molar-refractivity contribution in [2.75, 3.05) is 25.4 Å². The van der Waals surface area contributed by atoms with Gasteiger partial charge in [-0.3, -0.25) is 9.89 Å². The number of nitrogens with two attached hydrogens (primary N) is 1. The van der Waals surface area contributed by atoms with Crippen LogP contribution in [-0.4, -0.2) is 46.7 Å². The molecular weight excluding hydrogens is 254 g/mol. The maximum Gasteiger partial charge on any atom is 0.274 e. The fourth-order valence-corrected chi connectivity index (χ4v) is 2.91. The van der Waals surface area contributed by atoms with Crippen molar-refractivity contribution < 1.29 is 4.79 Å². The first kappa shape index (κ1) is 13.4. The molecule has 3 rings (SSSR count). The molecule has 1 aliphatic carbocycles. The molecule has 2 fully saturated rings. The van der Waals surface area contributed by atoms with Crippen LogP contribution in [0.4, 0.5) is 5.69 Å². The van der Waals surface area contributed by atoms with Crippen LogP contribution in [0, 0.1) is 0 Å². The molecule has 1 aliphatic heterocycles. The monoisotopic (exact) mass is 277 g/mol. The lowest BCUT2D eigenvalue weighted by Gasteiger charge is -2.20. The fraction of sp³-hybridized carbons (Fsp3) is 0.714. The van der Waals surface area contributed by atoms with Crippen molar-refractivity contribution in [1.29, 1.82) is 0 Å². The van der Waals surface area contributed by atoms with Crippen LogP contribution in [0.2, 0.25) is 0 Å². The molecule has 6 nitrogen and oxygen atoms in total. The number of H-pyrrole nitrogens is 1. The zero-order valence-electron chi connectivity index (χ0n) is 12.0. The van der Waals surface area contributed by atoms with Crippen molar-refractivity contribution in [1.82, 2.24) is 20.4 Å². The Balaban J connectivity index is 1.57. The second kappa shape index (κ2) is 5.44. The van der Waals surface area contributed by atoms with Crippen molar-refractivity contribution in [3.63, 3.8) is 0 Å². The molecule has 110 valence electrons. The van der Waals surface area contributed by atoms with Crippen molar-refractivity contribution in [3.05, 3.63) is 11.4 Å². The molecule has 0 bridgehead atoms. The Morgan fingerprint density at radius 3 is 2.85 bits per heavy atom. The van der Waals surface area contributed by atoms with Crippen LogP contribution in [0.5, 0.6) is 0 Å². The minimum atomic E-state index is -0.169. The number of rotatable bonds is 5. The predicted molar refractivity (Wildman–Crippen MR) is 77.6 cm³/mol. The summed E-state index contributed by atoms with van der Waals surface area (Å²) >= 11 is 0. The van der Waals surface area contributed by atoms with Gasteiger partial charge in [0.15, 0.2) is 5.69 Å². The lowest BCUT2D eigenvalue weighted by atomic mass is 10.2. The van der Waals surface area contributed by atoms with Gasteiger partial charge < -0.3 is 16.0 Å². The number of aromatic nitrogens is 2. The van der Waals surface area contributed by atoms with Gasteiger partial charge in [0.1, 0.15) is 0 Å². The normalized spacial score (nSPS) is 21.1. The Morgan fingerprint density at radius 2 is 2.20 bits per heavy atom. The Labute approximate surface area is 119 Å². The summed E-state index contributed by atoms with van der Waals surface area (Å²) in [6.07, 6.45) is 4.80. The average Bonchev–Trinajstić information content (AvgIpc) is 2.97. The fourth-order valence-electron chi connectivity index (χ4n) is 2.91. The summed E-state index contributed by atoms with van der Waals surface area (Å²) in [7, 11) is 0. The van der Waals surface area contributed by atoms with Gasteiger partial charge in [-0.25, -0.2) is 0 Å². The van der Waals surface area contributed by atoms with Gasteiger partial charge in [0.2, 0.25) is 0 Å². The molecular formula is C14H23N5O. The number of likely N-dealkylation sites (tertiary alicyclic amines) is 1. The molecule has 1 saturated heterocycles. The first-order valence-corrected chi connectivity index (χ1v) is 7.52. The van der Waals surface area contributed by atoms with E-state index in [4.69, 9.17) is 5.73 Å². The van der Waals surface area contributed by atoms with Gasteiger partial charge in [-0.05, 0) is 45.7 Å². The molecule has 1 saturated carbocycles. The summed E-state index contributed by atoms with van der Waals surface area (Å²) in [6, 6.07) is 0.112. The van der Waals surface area contributed by atoms with Gasteiger partial charge in [-0.2, -0.15) is 5.10 Å². The topological polar surface area (TPSA) is 87.0 Å². The van der Waals surface area contributed by atoms with E-state index in [-0.39, 0.29) is 11.9 Å². The molecule has 0 spiro atoms. The number of amides is 1. The zero-order chi connectivity index (χ0) is 14.1. The molecule has 0 radical (unpaired) electrons. The molecule has 1 atom stereocenters. The van der Waals surface area contributed by atoms with Gasteiger partial charge in [0, 0.05) is 18.5 Å². The number of carbonyl (C=O) groups excluding carboxylic acids is 1. The molecule has 0 aromatic carbocycles. The van der Waals surface area contributed by atoms with E-state index in [1.807, 2.05) is 6.92 Å². The Hall–Kier alpha value is -1.56. The first-order valence-electron chi connectivity index (χ1n) is 7.52. The van der Waals surface area contributed by atoms with Crippen LogP contribution in [0.25, 0.3) is 0 Å². The van der Waals surface area contributed by atoms with Gasteiger partial charge in [0.25, 0.3) is 5.91 Å². The van der Waals surface area contributed by atoms with Crippen LogP contribution in [0.1, 0.15) is 54.7 Å². The highest BCUT2D eigenvalue weighted by atomic mass is 16.2. The number of nitrogens with one attached hydrogen (secondary N) is 2. The second-order valence-corrected chi connectivity index (χ2v) is 6.06. The Bertz CT molecular complexity index is 488. The molecule has 2 aliphatic rings. The summed E-state index contributed by atoms with van der Waals surface area (Å²) in [5.74, 6) is 0.309. The van der Waals surface area contributed by atoms with Gasteiger partial charge >= 0.3 is 0 Å². The van der Waals surface area contributed by atoms with E-state index < -0.39 is 0 Å². The number of nitrogens with zero attached hydrogens (tertiary/aromatic N) is 2. The van der Waals surface area contributed by atoms with Crippen LogP contribution < -0.4 is 11.1 Å². The summed E-state index contributed by atoms with van der Waals surface area (Å²) < 4.78 is 0. The van der Waals surface area contributed by atoms with Crippen molar-refractivity contribution in [2.24, 2.45) is 0 Å². The third-order valence-corrected chi connectivity index (χ3v) is 4.14. The summed E-state index contributed by atoms with van der Waals surface area (Å²) in [6.45, 7) is 5.19. The molecule has 1 amide bonds. The first-order chi connectivity index (χ1) is 9.65. The summed E-state index contributed by atoms with van der Waals surface area (Å²) in [5, 5.41) is 10.00. The maximum atomic E-state index is 12.2. The summed E-state index contributed by atoms with van der Waals surface area (Å²) in [5.41, 5.74) is 7.83. The van der Waals surface area contributed by atoms with Crippen molar-refractivity contribution in [3.8, 4) is 0 Å². The average molecular weight is 277 g/mol. The smallest absolute Gasteiger partial charge is 0.274 e. The lowest BCUT2D eigenvalue weighted by molar-refractivity contribution is 0.0927. The van der Waals surface area contributed by atoms with Gasteiger partial charge in [0.05, 0.1) is 11.4 Å². The highest BCUT2D eigenvalue weighted by molar-refractivity contribution is 5.97. The molecule has 1 unspecified atom stereocenters. The van der Waals surface area contributed by atoms with E-state index in [0.29, 0.717) is 17.3 Å².